The Hall–Kier alpha value is -2.40. The SMILES string of the molecule is COC(=O)c1cccc(NC(=S)N[C@H]2CCCc3ccccc32)c1. The number of anilines is 1. The molecule has 0 saturated heterocycles. The van der Waals surface area contributed by atoms with Gasteiger partial charge in [-0.05, 0) is 60.8 Å². The van der Waals surface area contributed by atoms with Crippen molar-refractivity contribution in [3.8, 4) is 0 Å². The maximum atomic E-state index is 11.6. The first-order valence-corrected chi connectivity index (χ1v) is 8.42. The van der Waals surface area contributed by atoms with Crippen molar-refractivity contribution >= 4 is 29.0 Å². The van der Waals surface area contributed by atoms with Gasteiger partial charge in [-0.15, -0.1) is 0 Å². The van der Waals surface area contributed by atoms with E-state index in [1.54, 1.807) is 18.2 Å². The quantitative estimate of drug-likeness (QED) is 0.657. The lowest BCUT2D eigenvalue weighted by Gasteiger charge is -2.27. The average Bonchev–Trinajstić information content (AvgIpc) is 2.61. The third kappa shape index (κ3) is 3.74. The van der Waals surface area contributed by atoms with Crippen molar-refractivity contribution in [2.24, 2.45) is 0 Å². The van der Waals surface area contributed by atoms with E-state index in [1.165, 1.54) is 18.2 Å². The van der Waals surface area contributed by atoms with Gasteiger partial charge in [0.15, 0.2) is 5.11 Å². The van der Waals surface area contributed by atoms with Gasteiger partial charge in [-0.2, -0.15) is 0 Å². The number of fused-ring (bicyclic) bond motifs is 1. The number of carbonyl (C=O) groups is 1. The van der Waals surface area contributed by atoms with Gasteiger partial charge in [0.25, 0.3) is 0 Å². The molecular formula is C19H20N2O2S. The molecule has 4 nitrogen and oxygen atoms in total. The Balaban J connectivity index is 1.68. The van der Waals surface area contributed by atoms with E-state index in [2.05, 4.69) is 34.9 Å². The van der Waals surface area contributed by atoms with Gasteiger partial charge in [-0.3, -0.25) is 0 Å². The summed E-state index contributed by atoms with van der Waals surface area (Å²) >= 11 is 5.44. The Morgan fingerprint density at radius 2 is 2.04 bits per heavy atom. The molecule has 0 unspecified atom stereocenters. The number of thiocarbonyl (C=S) groups is 1. The summed E-state index contributed by atoms with van der Waals surface area (Å²) in [6.45, 7) is 0. The lowest BCUT2D eigenvalue weighted by molar-refractivity contribution is 0.0601. The molecule has 0 amide bonds. The number of ether oxygens (including phenoxy) is 1. The molecule has 5 heteroatoms. The largest absolute Gasteiger partial charge is 0.465 e. The van der Waals surface area contributed by atoms with Crippen LogP contribution in [0.4, 0.5) is 5.69 Å². The third-order valence-electron chi connectivity index (χ3n) is 4.22. The molecule has 0 spiro atoms. The first kappa shape index (κ1) is 16.5. The van der Waals surface area contributed by atoms with Gasteiger partial charge >= 0.3 is 5.97 Å². The molecule has 2 N–H and O–H groups in total. The van der Waals surface area contributed by atoms with Crippen molar-refractivity contribution in [1.29, 1.82) is 0 Å². The molecule has 1 aliphatic rings. The van der Waals surface area contributed by atoms with Crippen LogP contribution < -0.4 is 10.6 Å². The van der Waals surface area contributed by atoms with Crippen LogP contribution in [0.1, 0.15) is 40.4 Å². The number of esters is 1. The van der Waals surface area contributed by atoms with Crippen LogP contribution in [0.5, 0.6) is 0 Å². The van der Waals surface area contributed by atoms with Crippen molar-refractivity contribution in [3.63, 3.8) is 0 Å². The summed E-state index contributed by atoms with van der Waals surface area (Å²) in [6, 6.07) is 15.8. The summed E-state index contributed by atoms with van der Waals surface area (Å²) < 4.78 is 4.74. The Morgan fingerprint density at radius 1 is 1.21 bits per heavy atom. The summed E-state index contributed by atoms with van der Waals surface area (Å²) in [5.41, 5.74) is 3.96. The van der Waals surface area contributed by atoms with Crippen LogP contribution in [0.3, 0.4) is 0 Å². The molecule has 24 heavy (non-hydrogen) atoms. The van der Waals surface area contributed by atoms with Crippen LogP contribution in [0.25, 0.3) is 0 Å². The Kier molecular flexibility index (Phi) is 5.11. The van der Waals surface area contributed by atoms with E-state index in [1.807, 2.05) is 6.07 Å². The molecule has 0 fully saturated rings. The zero-order valence-electron chi connectivity index (χ0n) is 13.5. The van der Waals surface area contributed by atoms with Crippen molar-refractivity contribution in [3.05, 3.63) is 65.2 Å². The maximum absolute atomic E-state index is 11.6. The lowest BCUT2D eigenvalue weighted by Crippen LogP contribution is -2.34. The smallest absolute Gasteiger partial charge is 0.337 e. The minimum Gasteiger partial charge on any atom is -0.465 e. The van der Waals surface area contributed by atoms with Gasteiger partial charge < -0.3 is 15.4 Å². The van der Waals surface area contributed by atoms with Crippen LogP contribution in [0, 0.1) is 0 Å². The fourth-order valence-electron chi connectivity index (χ4n) is 3.07. The van der Waals surface area contributed by atoms with Crippen molar-refractivity contribution in [2.75, 3.05) is 12.4 Å². The highest BCUT2D eigenvalue weighted by Gasteiger charge is 2.20. The number of rotatable bonds is 3. The minimum absolute atomic E-state index is 0.221. The molecule has 3 rings (SSSR count). The first-order chi connectivity index (χ1) is 11.7. The Morgan fingerprint density at radius 3 is 2.88 bits per heavy atom. The fraction of sp³-hybridized carbons (Fsp3) is 0.263. The molecule has 0 bridgehead atoms. The standard InChI is InChI=1S/C19H20N2O2S/c1-23-18(22)14-8-4-9-15(12-14)20-19(24)21-17-11-5-7-13-6-2-3-10-16(13)17/h2-4,6,8-10,12,17H,5,7,11H2,1H3,(H2,20,21,24)/t17-/m0/s1. The average molecular weight is 340 g/mol. The van der Waals surface area contributed by atoms with Gasteiger partial charge in [-0.1, -0.05) is 30.3 Å². The molecule has 0 aliphatic heterocycles. The highest BCUT2D eigenvalue weighted by molar-refractivity contribution is 7.80. The number of hydrogen-bond donors (Lipinski definition) is 2. The second kappa shape index (κ2) is 7.45. The molecule has 124 valence electrons. The van der Waals surface area contributed by atoms with E-state index in [0.717, 1.165) is 24.9 Å². The molecule has 1 atom stereocenters. The monoisotopic (exact) mass is 340 g/mol. The van der Waals surface area contributed by atoms with Gasteiger partial charge in [0.1, 0.15) is 0 Å². The van der Waals surface area contributed by atoms with E-state index < -0.39 is 0 Å². The number of hydrogen-bond acceptors (Lipinski definition) is 3. The third-order valence-corrected chi connectivity index (χ3v) is 4.44. The van der Waals surface area contributed by atoms with E-state index in [9.17, 15) is 4.79 Å². The predicted octanol–water partition coefficient (Wildman–Crippen LogP) is 3.84. The number of carbonyl (C=O) groups excluding carboxylic acids is 1. The number of aryl methyl sites for hydroxylation is 1. The van der Waals surface area contributed by atoms with Crippen LogP contribution in [0.15, 0.2) is 48.5 Å². The number of methoxy groups -OCH3 is 1. The van der Waals surface area contributed by atoms with Crippen LogP contribution in [-0.4, -0.2) is 18.2 Å². The Bertz CT molecular complexity index is 761. The van der Waals surface area contributed by atoms with Gasteiger partial charge in [0.05, 0.1) is 18.7 Å². The number of benzene rings is 2. The van der Waals surface area contributed by atoms with Crippen molar-refractivity contribution < 1.29 is 9.53 Å². The second-order valence-electron chi connectivity index (χ2n) is 5.81. The Labute approximate surface area is 147 Å². The van der Waals surface area contributed by atoms with Gasteiger partial charge in [0.2, 0.25) is 0 Å². The summed E-state index contributed by atoms with van der Waals surface area (Å²) in [5, 5.41) is 7.10. The van der Waals surface area contributed by atoms with E-state index in [4.69, 9.17) is 17.0 Å². The zero-order valence-corrected chi connectivity index (χ0v) is 14.4. The molecule has 2 aromatic rings. The van der Waals surface area contributed by atoms with Crippen molar-refractivity contribution in [2.45, 2.75) is 25.3 Å². The summed E-state index contributed by atoms with van der Waals surface area (Å²) in [6.07, 6.45) is 3.33. The van der Waals surface area contributed by atoms with Crippen molar-refractivity contribution in [1.82, 2.24) is 5.32 Å². The summed E-state index contributed by atoms with van der Waals surface area (Å²) in [5.74, 6) is -0.362. The molecule has 2 aromatic carbocycles. The predicted molar refractivity (Wildman–Crippen MR) is 99.3 cm³/mol. The molecular weight excluding hydrogens is 320 g/mol. The van der Waals surface area contributed by atoms with Crippen LogP contribution >= 0.6 is 12.2 Å². The highest BCUT2D eigenvalue weighted by atomic mass is 32.1. The second-order valence-corrected chi connectivity index (χ2v) is 6.22. The van der Waals surface area contributed by atoms with Crippen LogP contribution in [0.2, 0.25) is 0 Å². The zero-order chi connectivity index (χ0) is 16.9. The fourth-order valence-corrected chi connectivity index (χ4v) is 3.33. The summed E-state index contributed by atoms with van der Waals surface area (Å²) in [4.78, 5) is 11.6. The topological polar surface area (TPSA) is 50.4 Å². The van der Waals surface area contributed by atoms with Gasteiger partial charge in [-0.25, -0.2) is 4.79 Å². The number of nitrogens with one attached hydrogen (secondary N) is 2. The summed E-state index contributed by atoms with van der Waals surface area (Å²) in [7, 11) is 1.37. The van der Waals surface area contributed by atoms with Crippen LogP contribution in [-0.2, 0) is 11.2 Å². The van der Waals surface area contributed by atoms with E-state index in [-0.39, 0.29) is 12.0 Å². The maximum Gasteiger partial charge on any atom is 0.337 e. The normalized spacial score (nSPS) is 16.0. The molecule has 0 heterocycles. The highest BCUT2D eigenvalue weighted by Crippen LogP contribution is 2.29. The van der Waals surface area contributed by atoms with E-state index >= 15 is 0 Å². The van der Waals surface area contributed by atoms with E-state index in [0.29, 0.717) is 10.7 Å². The molecule has 0 radical (unpaired) electrons. The lowest BCUT2D eigenvalue weighted by atomic mass is 9.88. The minimum atomic E-state index is -0.362. The molecule has 0 aromatic heterocycles. The van der Waals surface area contributed by atoms with Gasteiger partial charge in [0, 0.05) is 5.69 Å². The molecule has 0 saturated carbocycles. The first-order valence-electron chi connectivity index (χ1n) is 8.01. The molecule has 1 aliphatic carbocycles.